The first-order chi connectivity index (χ1) is 9.52. The van der Waals surface area contributed by atoms with Crippen molar-refractivity contribution in [1.29, 1.82) is 0 Å². The molecular formula is C15H23ClN2O2. The van der Waals surface area contributed by atoms with E-state index in [2.05, 4.69) is 10.6 Å². The van der Waals surface area contributed by atoms with Crippen molar-refractivity contribution in [1.82, 2.24) is 5.32 Å². The average Bonchev–Trinajstić information content (AvgIpc) is 2.42. The highest BCUT2D eigenvalue weighted by Crippen LogP contribution is 2.19. The largest absolute Gasteiger partial charge is 0.396 e. The van der Waals surface area contributed by atoms with Crippen molar-refractivity contribution in [2.75, 3.05) is 25.0 Å². The number of benzene rings is 1. The van der Waals surface area contributed by atoms with Crippen molar-refractivity contribution in [3.05, 3.63) is 28.8 Å². The van der Waals surface area contributed by atoms with E-state index in [9.17, 15) is 4.79 Å². The molecule has 1 atom stereocenters. The van der Waals surface area contributed by atoms with Crippen molar-refractivity contribution in [3.8, 4) is 0 Å². The Kier molecular flexibility index (Phi) is 7.59. The Labute approximate surface area is 125 Å². The summed E-state index contributed by atoms with van der Waals surface area (Å²) in [5.74, 6) is 0.241. The normalized spacial score (nSPS) is 12.2. The summed E-state index contributed by atoms with van der Waals surface area (Å²) in [6.07, 6.45) is 1.91. The molecule has 1 amide bonds. The van der Waals surface area contributed by atoms with Crippen molar-refractivity contribution >= 4 is 23.2 Å². The van der Waals surface area contributed by atoms with Gasteiger partial charge in [0.2, 0.25) is 5.91 Å². The van der Waals surface area contributed by atoms with Crippen LogP contribution in [0.25, 0.3) is 0 Å². The van der Waals surface area contributed by atoms with Gasteiger partial charge in [-0.25, -0.2) is 0 Å². The predicted octanol–water partition coefficient (Wildman–Crippen LogP) is 2.59. The molecule has 1 unspecified atom stereocenters. The van der Waals surface area contributed by atoms with Crippen molar-refractivity contribution in [2.24, 2.45) is 5.92 Å². The van der Waals surface area contributed by atoms with Crippen LogP contribution < -0.4 is 10.6 Å². The fourth-order valence-electron chi connectivity index (χ4n) is 1.79. The van der Waals surface area contributed by atoms with Crippen LogP contribution in [0, 0.1) is 12.8 Å². The van der Waals surface area contributed by atoms with Gasteiger partial charge in [0.1, 0.15) is 0 Å². The number of aliphatic hydroxyl groups excluding tert-OH is 1. The second-order valence-electron chi connectivity index (χ2n) is 5.11. The number of amides is 1. The maximum atomic E-state index is 11.8. The van der Waals surface area contributed by atoms with Crippen LogP contribution >= 0.6 is 11.6 Å². The van der Waals surface area contributed by atoms with Crippen LogP contribution in [-0.2, 0) is 4.79 Å². The maximum absolute atomic E-state index is 11.8. The van der Waals surface area contributed by atoms with Gasteiger partial charge in [-0.15, -0.1) is 0 Å². The summed E-state index contributed by atoms with van der Waals surface area (Å²) in [6, 6.07) is 5.42. The number of hydrogen-bond donors (Lipinski definition) is 3. The SMILES string of the molecule is Cc1ccc(Cl)cc1NC(=O)CNCCCC(C)CO. The van der Waals surface area contributed by atoms with E-state index in [0.29, 0.717) is 10.9 Å². The summed E-state index contributed by atoms with van der Waals surface area (Å²) in [5, 5.41) is 15.4. The first-order valence-corrected chi connectivity index (χ1v) is 7.28. The summed E-state index contributed by atoms with van der Waals surface area (Å²) in [4.78, 5) is 11.8. The highest BCUT2D eigenvalue weighted by atomic mass is 35.5. The van der Waals surface area contributed by atoms with E-state index in [1.807, 2.05) is 19.9 Å². The van der Waals surface area contributed by atoms with Crippen LogP contribution in [0.1, 0.15) is 25.3 Å². The highest BCUT2D eigenvalue weighted by molar-refractivity contribution is 6.31. The number of halogens is 1. The Morgan fingerprint density at radius 1 is 1.45 bits per heavy atom. The summed E-state index contributed by atoms with van der Waals surface area (Å²) < 4.78 is 0. The average molecular weight is 299 g/mol. The lowest BCUT2D eigenvalue weighted by molar-refractivity contribution is -0.115. The molecule has 0 saturated carbocycles. The summed E-state index contributed by atoms with van der Waals surface area (Å²) >= 11 is 5.90. The lowest BCUT2D eigenvalue weighted by Gasteiger charge is -2.10. The Morgan fingerprint density at radius 3 is 2.90 bits per heavy atom. The van der Waals surface area contributed by atoms with E-state index in [4.69, 9.17) is 16.7 Å². The Hall–Kier alpha value is -1.10. The molecule has 4 nitrogen and oxygen atoms in total. The molecule has 0 aliphatic heterocycles. The molecule has 0 spiro atoms. The smallest absolute Gasteiger partial charge is 0.238 e. The molecule has 5 heteroatoms. The topological polar surface area (TPSA) is 61.4 Å². The second-order valence-corrected chi connectivity index (χ2v) is 5.55. The van der Waals surface area contributed by atoms with Gasteiger partial charge in [0.05, 0.1) is 6.54 Å². The Balaban J connectivity index is 2.25. The number of hydrogen-bond acceptors (Lipinski definition) is 3. The highest BCUT2D eigenvalue weighted by Gasteiger charge is 2.05. The Morgan fingerprint density at radius 2 is 2.20 bits per heavy atom. The third kappa shape index (κ3) is 6.37. The molecule has 0 aromatic heterocycles. The fraction of sp³-hybridized carbons (Fsp3) is 0.533. The van der Waals surface area contributed by atoms with Gasteiger partial charge < -0.3 is 15.7 Å². The van der Waals surface area contributed by atoms with Gasteiger partial charge in [0.15, 0.2) is 0 Å². The number of nitrogens with one attached hydrogen (secondary N) is 2. The zero-order valence-electron chi connectivity index (χ0n) is 12.1. The molecule has 112 valence electrons. The van der Waals surface area contributed by atoms with Crippen LogP contribution in [0.5, 0.6) is 0 Å². The molecule has 0 aliphatic carbocycles. The summed E-state index contributed by atoms with van der Waals surface area (Å²) in [6.45, 7) is 5.20. The lowest BCUT2D eigenvalue weighted by Crippen LogP contribution is -2.29. The van der Waals surface area contributed by atoms with E-state index < -0.39 is 0 Å². The van der Waals surface area contributed by atoms with E-state index in [1.54, 1.807) is 12.1 Å². The quantitative estimate of drug-likeness (QED) is 0.647. The van der Waals surface area contributed by atoms with Gasteiger partial charge >= 0.3 is 0 Å². The molecule has 0 aliphatic rings. The van der Waals surface area contributed by atoms with Gasteiger partial charge in [-0.1, -0.05) is 24.6 Å². The Bertz CT molecular complexity index is 438. The van der Waals surface area contributed by atoms with Crippen LogP contribution in [0.4, 0.5) is 5.69 Å². The van der Waals surface area contributed by atoms with Crippen LogP contribution in [0.3, 0.4) is 0 Å². The molecule has 0 bridgehead atoms. The first-order valence-electron chi connectivity index (χ1n) is 6.90. The monoisotopic (exact) mass is 298 g/mol. The molecular weight excluding hydrogens is 276 g/mol. The molecule has 0 heterocycles. The van der Waals surface area contributed by atoms with Gasteiger partial charge in [-0.05, 0) is 49.9 Å². The molecule has 0 saturated heterocycles. The standard InChI is InChI=1S/C15H23ClN2O2/c1-11(10-19)4-3-7-17-9-15(20)18-14-8-13(16)6-5-12(14)2/h5-6,8,11,17,19H,3-4,7,9-10H2,1-2H3,(H,18,20). The third-order valence-electron chi connectivity index (χ3n) is 3.12. The minimum absolute atomic E-state index is 0.0782. The first kappa shape index (κ1) is 17.0. The zero-order valence-corrected chi connectivity index (χ0v) is 12.8. The lowest BCUT2D eigenvalue weighted by atomic mass is 10.1. The van der Waals surface area contributed by atoms with Crippen molar-refractivity contribution in [2.45, 2.75) is 26.7 Å². The van der Waals surface area contributed by atoms with Crippen LogP contribution in [-0.4, -0.2) is 30.7 Å². The maximum Gasteiger partial charge on any atom is 0.238 e. The van der Waals surface area contributed by atoms with Gasteiger partial charge in [0.25, 0.3) is 0 Å². The summed E-state index contributed by atoms with van der Waals surface area (Å²) in [5.41, 5.74) is 1.73. The molecule has 0 fully saturated rings. The number of carbonyl (C=O) groups excluding carboxylic acids is 1. The number of rotatable bonds is 8. The van der Waals surface area contributed by atoms with Gasteiger partial charge in [0, 0.05) is 17.3 Å². The second kappa shape index (κ2) is 8.95. The molecule has 1 aromatic rings. The van der Waals surface area contributed by atoms with Gasteiger partial charge in [-0.2, -0.15) is 0 Å². The van der Waals surface area contributed by atoms with E-state index in [1.165, 1.54) is 0 Å². The van der Waals surface area contributed by atoms with Crippen molar-refractivity contribution in [3.63, 3.8) is 0 Å². The molecule has 3 N–H and O–H groups in total. The third-order valence-corrected chi connectivity index (χ3v) is 3.36. The molecule has 1 aromatic carbocycles. The zero-order chi connectivity index (χ0) is 15.0. The fourth-order valence-corrected chi connectivity index (χ4v) is 1.96. The van der Waals surface area contributed by atoms with E-state index in [0.717, 1.165) is 30.6 Å². The van der Waals surface area contributed by atoms with E-state index >= 15 is 0 Å². The van der Waals surface area contributed by atoms with Crippen molar-refractivity contribution < 1.29 is 9.90 Å². The molecule has 20 heavy (non-hydrogen) atoms. The number of carbonyl (C=O) groups is 1. The number of aryl methyl sites for hydroxylation is 1. The van der Waals surface area contributed by atoms with E-state index in [-0.39, 0.29) is 19.1 Å². The number of aliphatic hydroxyl groups is 1. The molecule has 1 rings (SSSR count). The summed E-state index contributed by atoms with van der Waals surface area (Å²) in [7, 11) is 0. The number of anilines is 1. The minimum Gasteiger partial charge on any atom is -0.396 e. The van der Waals surface area contributed by atoms with Crippen LogP contribution in [0.2, 0.25) is 5.02 Å². The predicted molar refractivity (Wildman–Crippen MR) is 83.2 cm³/mol. The van der Waals surface area contributed by atoms with Crippen LogP contribution in [0.15, 0.2) is 18.2 Å². The minimum atomic E-state index is -0.0782. The van der Waals surface area contributed by atoms with Gasteiger partial charge in [-0.3, -0.25) is 4.79 Å². The molecule has 0 radical (unpaired) electrons.